The average molecular weight is 394 g/mol. The number of pyridine rings is 1. The van der Waals surface area contributed by atoms with Gasteiger partial charge in [-0.05, 0) is 54.0 Å². The normalized spacial score (nSPS) is 23.6. The minimum Gasteiger partial charge on any atom is -0.339 e. The molecule has 1 aliphatic carbocycles. The van der Waals surface area contributed by atoms with Crippen molar-refractivity contribution in [1.82, 2.24) is 15.2 Å². The number of benzene rings is 1. The van der Waals surface area contributed by atoms with Crippen LogP contribution < -0.4 is 16.2 Å². The van der Waals surface area contributed by atoms with E-state index in [1.807, 2.05) is 0 Å². The molecule has 29 heavy (non-hydrogen) atoms. The van der Waals surface area contributed by atoms with Gasteiger partial charge in [0.15, 0.2) is 0 Å². The van der Waals surface area contributed by atoms with Crippen molar-refractivity contribution in [3.63, 3.8) is 0 Å². The monoisotopic (exact) mass is 394 g/mol. The zero-order chi connectivity index (χ0) is 20.5. The molecule has 2 heterocycles. The number of amides is 1. The van der Waals surface area contributed by atoms with Gasteiger partial charge in [0, 0.05) is 31.8 Å². The van der Waals surface area contributed by atoms with E-state index < -0.39 is 11.9 Å². The van der Waals surface area contributed by atoms with Crippen LogP contribution in [0.25, 0.3) is 11.1 Å². The highest BCUT2D eigenvalue weighted by Gasteiger charge is 2.43. The first-order valence-corrected chi connectivity index (χ1v) is 9.86. The van der Waals surface area contributed by atoms with Gasteiger partial charge in [0.2, 0.25) is 11.5 Å². The Morgan fingerprint density at radius 2 is 2.14 bits per heavy atom. The third-order valence-corrected chi connectivity index (χ3v) is 6.01. The van der Waals surface area contributed by atoms with Crippen LogP contribution in [0.1, 0.15) is 24.8 Å². The van der Waals surface area contributed by atoms with E-state index in [9.17, 15) is 19.2 Å². The van der Waals surface area contributed by atoms with Gasteiger partial charge in [-0.1, -0.05) is 12.1 Å². The summed E-state index contributed by atoms with van der Waals surface area (Å²) >= 11 is 0. The number of carbonyl (C=O) groups is 1. The summed E-state index contributed by atoms with van der Waals surface area (Å²) < 4.78 is 16.1. The van der Waals surface area contributed by atoms with Gasteiger partial charge in [-0.2, -0.15) is 5.26 Å². The van der Waals surface area contributed by atoms with E-state index in [4.69, 9.17) is 0 Å². The van der Waals surface area contributed by atoms with Crippen molar-refractivity contribution in [2.75, 3.05) is 0 Å². The first kappa shape index (κ1) is 19.3. The fourth-order valence-corrected chi connectivity index (χ4v) is 4.42. The fourth-order valence-electron chi connectivity index (χ4n) is 4.42. The van der Waals surface area contributed by atoms with Gasteiger partial charge >= 0.3 is 0 Å². The van der Waals surface area contributed by atoms with E-state index in [1.54, 1.807) is 31.4 Å². The third-order valence-electron chi connectivity index (χ3n) is 6.01. The van der Waals surface area contributed by atoms with Crippen LogP contribution in [0.5, 0.6) is 0 Å². The highest BCUT2D eigenvalue weighted by Crippen LogP contribution is 2.35. The molecule has 1 amide bonds. The summed E-state index contributed by atoms with van der Waals surface area (Å²) in [6.07, 6.45) is 4.90. The minimum atomic E-state index is -0.790. The Kier molecular flexibility index (Phi) is 5.20. The number of nitriles is 1. The molecule has 1 aromatic heterocycles. The maximum atomic E-state index is 14.7. The zero-order valence-electron chi connectivity index (χ0n) is 16.2. The van der Waals surface area contributed by atoms with Gasteiger partial charge in [0.1, 0.15) is 11.9 Å². The number of fused-ring (bicyclic) bond motifs is 2. The molecule has 0 spiro atoms. The van der Waals surface area contributed by atoms with E-state index in [1.165, 1.54) is 16.7 Å². The van der Waals surface area contributed by atoms with Crippen LogP contribution in [0, 0.1) is 23.1 Å². The summed E-state index contributed by atoms with van der Waals surface area (Å²) in [5.74, 6) is -0.285. The Morgan fingerprint density at radius 1 is 1.34 bits per heavy atom. The molecule has 2 bridgehead atoms. The molecule has 2 fully saturated rings. The second-order valence-corrected chi connectivity index (χ2v) is 7.98. The Balaban J connectivity index is 1.45. The summed E-state index contributed by atoms with van der Waals surface area (Å²) in [5.41, 5.74) is 1.60. The largest absolute Gasteiger partial charge is 0.339 e. The predicted octanol–water partition coefficient (Wildman–Crippen LogP) is 1.88. The van der Waals surface area contributed by atoms with Gasteiger partial charge in [-0.15, -0.1) is 0 Å². The molecule has 3 unspecified atom stereocenters. The van der Waals surface area contributed by atoms with Crippen LogP contribution >= 0.6 is 0 Å². The molecule has 2 N–H and O–H groups in total. The third kappa shape index (κ3) is 3.94. The van der Waals surface area contributed by atoms with Crippen molar-refractivity contribution in [2.45, 2.75) is 43.8 Å². The fraction of sp³-hybridized carbons (Fsp3) is 0.409. The van der Waals surface area contributed by atoms with Crippen LogP contribution in [0.15, 0.2) is 41.3 Å². The molecule has 1 aliphatic heterocycles. The molecule has 2 aliphatic rings. The lowest BCUT2D eigenvalue weighted by molar-refractivity contribution is -0.124. The molecule has 4 rings (SSSR count). The number of halogens is 1. The first-order valence-electron chi connectivity index (χ1n) is 9.86. The van der Waals surface area contributed by atoms with Crippen LogP contribution in [-0.2, 0) is 18.3 Å². The Labute approximate surface area is 168 Å². The Bertz CT molecular complexity index is 1040. The van der Waals surface area contributed by atoms with Crippen molar-refractivity contribution >= 4 is 5.91 Å². The van der Waals surface area contributed by atoms with E-state index in [0.29, 0.717) is 23.1 Å². The van der Waals surface area contributed by atoms with Gasteiger partial charge in [0.05, 0.1) is 12.1 Å². The molecule has 1 saturated heterocycles. The van der Waals surface area contributed by atoms with E-state index in [0.717, 1.165) is 24.8 Å². The number of hydrogen-bond acceptors (Lipinski definition) is 4. The summed E-state index contributed by atoms with van der Waals surface area (Å²) in [7, 11) is 1.64. The second kappa shape index (κ2) is 7.80. The van der Waals surface area contributed by atoms with Crippen LogP contribution in [-0.4, -0.2) is 28.6 Å². The minimum absolute atomic E-state index is 0.0996. The molecule has 1 saturated carbocycles. The van der Waals surface area contributed by atoms with Crippen molar-refractivity contribution in [3.8, 4) is 17.2 Å². The SMILES string of the molecule is Cn1cc(-c2ccc(C[C@@H](C#N)NC(=O)C3NC4CCC3C4)c(F)c2)ccc1=O. The first-order chi connectivity index (χ1) is 13.9. The molecular formula is C22H23FN4O2. The molecule has 6 nitrogen and oxygen atoms in total. The lowest BCUT2D eigenvalue weighted by Crippen LogP contribution is -2.50. The van der Waals surface area contributed by atoms with Crippen LogP contribution in [0.2, 0.25) is 0 Å². The zero-order valence-corrected chi connectivity index (χ0v) is 16.2. The molecule has 150 valence electrons. The molecule has 1 aromatic carbocycles. The van der Waals surface area contributed by atoms with Crippen molar-refractivity contribution in [2.24, 2.45) is 13.0 Å². The number of rotatable bonds is 5. The molecule has 0 radical (unpaired) electrons. The molecule has 2 aromatic rings. The van der Waals surface area contributed by atoms with Crippen LogP contribution in [0.3, 0.4) is 0 Å². The summed E-state index contributed by atoms with van der Waals surface area (Å²) in [6, 6.07) is 9.30. The van der Waals surface area contributed by atoms with Gasteiger partial charge in [-0.25, -0.2) is 4.39 Å². The van der Waals surface area contributed by atoms with E-state index in [2.05, 4.69) is 16.7 Å². The predicted molar refractivity (Wildman–Crippen MR) is 106 cm³/mol. The lowest BCUT2D eigenvalue weighted by Gasteiger charge is -2.23. The van der Waals surface area contributed by atoms with E-state index in [-0.39, 0.29) is 23.9 Å². The number of nitrogens with one attached hydrogen (secondary N) is 2. The van der Waals surface area contributed by atoms with Crippen LogP contribution in [0.4, 0.5) is 4.39 Å². The number of aryl methyl sites for hydroxylation is 1. The average Bonchev–Trinajstić information content (AvgIpc) is 3.34. The lowest BCUT2D eigenvalue weighted by atomic mass is 9.98. The quantitative estimate of drug-likeness (QED) is 0.811. The summed E-state index contributed by atoms with van der Waals surface area (Å²) in [6.45, 7) is 0. The molecule has 4 atom stereocenters. The smallest absolute Gasteiger partial charge is 0.250 e. The maximum Gasteiger partial charge on any atom is 0.250 e. The van der Waals surface area contributed by atoms with Gasteiger partial charge < -0.3 is 15.2 Å². The highest BCUT2D eigenvalue weighted by atomic mass is 19.1. The number of piperidine rings is 1. The number of hydrogen-bond donors (Lipinski definition) is 2. The number of nitrogens with zero attached hydrogens (tertiary/aromatic N) is 2. The Morgan fingerprint density at radius 3 is 2.76 bits per heavy atom. The summed E-state index contributed by atoms with van der Waals surface area (Å²) in [5, 5.41) is 15.5. The van der Waals surface area contributed by atoms with Crippen molar-refractivity contribution in [3.05, 3.63) is 58.3 Å². The number of carbonyl (C=O) groups excluding carboxylic acids is 1. The second-order valence-electron chi connectivity index (χ2n) is 7.98. The van der Waals surface area contributed by atoms with Gasteiger partial charge in [0.25, 0.3) is 0 Å². The summed E-state index contributed by atoms with van der Waals surface area (Å²) in [4.78, 5) is 24.1. The van der Waals surface area contributed by atoms with E-state index >= 15 is 0 Å². The molecule has 7 heteroatoms. The van der Waals surface area contributed by atoms with Gasteiger partial charge in [-0.3, -0.25) is 9.59 Å². The molecular weight excluding hydrogens is 371 g/mol. The standard InChI is InChI=1S/C22H23FN4O2/c1-27-12-16(5-7-20(27)28)13-2-3-14(19(23)10-13)8-18(11-24)26-22(29)21-15-4-6-17(9-15)25-21/h2-3,5,7,10,12,15,17-18,21,25H,4,6,8-9H2,1H3,(H,26,29)/t15?,17?,18-,21?/m0/s1. The van der Waals surface area contributed by atoms with Crippen molar-refractivity contribution < 1.29 is 9.18 Å². The maximum absolute atomic E-state index is 14.7. The number of aromatic nitrogens is 1. The highest BCUT2D eigenvalue weighted by molar-refractivity contribution is 5.83. The topological polar surface area (TPSA) is 86.9 Å². The Hall–Kier alpha value is -2.98. The van der Waals surface area contributed by atoms with Crippen molar-refractivity contribution in [1.29, 1.82) is 5.26 Å².